The number of halogens is 1. The first-order chi connectivity index (χ1) is 10.1. The first kappa shape index (κ1) is 14.2. The van der Waals surface area contributed by atoms with E-state index in [4.69, 9.17) is 16.0 Å². The van der Waals surface area contributed by atoms with Crippen molar-refractivity contribution in [2.45, 2.75) is 25.9 Å². The monoisotopic (exact) mass is 299 g/mol. The van der Waals surface area contributed by atoms with E-state index in [1.807, 2.05) is 42.5 Å². The van der Waals surface area contributed by atoms with Gasteiger partial charge in [0.15, 0.2) is 0 Å². The summed E-state index contributed by atoms with van der Waals surface area (Å²) in [6.07, 6.45) is 0. The van der Waals surface area contributed by atoms with E-state index >= 15 is 0 Å². The summed E-state index contributed by atoms with van der Waals surface area (Å²) >= 11 is 5.93. The summed E-state index contributed by atoms with van der Waals surface area (Å²) in [5.41, 5.74) is 2.14. The molecule has 0 aliphatic rings. The highest BCUT2D eigenvalue weighted by Gasteiger charge is 2.14. The zero-order chi connectivity index (χ0) is 14.8. The second-order valence-electron chi connectivity index (χ2n) is 5.35. The molecule has 0 saturated carbocycles. The molecule has 0 spiro atoms. The average Bonchev–Trinajstić information content (AvgIpc) is 2.92. The van der Waals surface area contributed by atoms with Crippen molar-refractivity contribution in [2.24, 2.45) is 0 Å². The maximum atomic E-state index is 5.93. The van der Waals surface area contributed by atoms with Crippen LogP contribution < -0.4 is 5.32 Å². The van der Waals surface area contributed by atoms with Crippen LogP contribution in [0.2, 0.25) is 5.02 Å². The van der Waals surface area contributed by atoms with Gasteiger partial charge >= 0.3 is 0 Å². The van der Waals surface area contributed by atoms with Gasteiger partial charge in [0.1, 0.15) is 11.3 Å². The van der Waals surface area contributed by atoms with E-state index in [2.05, 4.69) is 31.3 Å². The lowest BCUT2D eigenvalue weighted by atomic mass is 10.1. The molecule has 0 aliphatic heterocycles. The number of benzene rings is 2. The van der Waals surface area contributed by atoms with Crippen molar-refractivity contribution in [2.75, 3.05) is 0 Å². The number of nitrogens with one attached hydrogen (secondary N) is 1. The van der Waals surface area contributed by atoms with Gasteiger partial charge in [0, 0.05) is 16.5 Å². The second-order valence-corrected chi connectivity index (χ2v) is 5.78. The predicted molar refractivity (Wildman–Crippen MR) is 87.6 cm³/mol. The Labute approximate surface area is 129 Å². The third-order valence-electron chi connectivity index (χ3n) is 3.74. The van der Waals surface area contributed by atoms with Gasteiger partial charge in [0.2, 0.25) is 0 Å². The predicted octanol–water partition coefficient (Wildman–Crippen LogP) is 5.50. The van der Waals surface area contributed by atoms with Crippen molar-refractivity contribution >= 4 is 22.6 Å². The molecule has 1 N–H and O–H groups in total. The third-order valence-corrected chi connectivity index (χ3v) is 3.99. The summed E-state index contributed by atoms with van der Waals surface area (Å²) in [7, 11) is 0. The van der Waals surface area contributed by atoms with E-state index < -0.39 is 0 Å². The lowest BCUT2D eigenvalue weighted by molar-refractivity contribution is 0.417. The van der Waals surface area contributed by atoms with Crippen molar-refractivity contribution in [3.05, 3.63) is 70.9 Å². The maximum Gasteiger partial charge on any atom is 0.134 e. The summed E-state index contributed by atoms with van der Waals surface area (Å²) in [6, 6.07) is 18.5. The summed E-state index contributed by atoms with van der Waals surface area (Å²) in [5.74, 6) is 0.956. The summed E-state index contributed by atoms with van der Waals surface area (Å²) < 4.78 is 5.90. The fourth-order valence-corrected chi connectivity index (χ4v) is 2.65. The van der Waals surface area contributed by atoms with Gasteiger partial charge in [-0.05, 0) is 43.7 Å². The lowest BCUT2D eigenvalue weighted by Crippen LogP contribution is -2.22. The van der Waals surface area contributed by atoms with Crippen LogP contribution in [-0.2, 0) is 0 Å². The normalized spacial score (nSPS) is 14.2. The zero-order valence-corrected chi connectivity index (χ0v) is 12.9. The van der Waals surface area contributed by atoms with E-state index in [1.54, 1.807) is 0 Å². The summed E-state index contributed by atoms with van der Waals surface area (Å²) in [5, 5.41) is 5.46. The highest BCUT2D eigenvalue weighted by atomic mass is 35.5. The molecule has 3 aromatic rings. The first-order valence-electron chi connectivity index (χ1n) is 7.13. The SMILES string of the molecule is CC(N[C@H](C)c1ccc(Cl)cc1)c1cc2ccccc2o1. The highest BCUT2D eigenvalue weighted by Crippen LogP contribution is 2.26. The molecular formula is C18H18ClNO. The van der Waals surface area contributed by atoms with Crippen LogP contribution in [0.1, 0.15) is 37.3 Å². The first-order valence-corrected chi connectivity index (χ1v) is 7.51. The Hall–Kier alpha value is -1.77. The number of hydrogen-bond acceptors (Lipinski definition) is 2. The van der Waals surface area contributed by atoms with E-state index in [1.165, 1.54) is 5.56 Å². The molecule has 2 nitrogen and oxygen atoms in total. The molecule has 1 unspecified atom stereocenters. The minimum Gasteiger partial charge on any atom is -0.459 e. The molecule has 0 radical (unpaired) electrons. The standard InChI is InChI=1S/C18H18ClNO/c1-12(14-7-9-16(19)10-8-14)20-13(2)18-11-15-5-3-4-6-17(15)21-18/h3-13,20H,1-2H3/t12-,13?/m1/s1. The Kier molecular flexibility index (Phi) is 4.00. The third kappa shape index (κ3) is 3.12. The lowest BCUT2D eigenvalue weighted by Gasteiger charge is -2.19. The Balaban J connectivity index is 1.75. The molecule has 0 aliphatic carbocycles. The fourth-order valence-electron chi connectivity index (χ4n) is 2.52. The Morgan fingerprint density at radius 2 is 1.67 bits per heavy atom. The molecule has 3 rings (SSSR count). The van der Waals surface area contributed by atoms with Crippen LogP contribution in [-0.4, -0.2) is 0 Å². The van der Waals surface area contributed by atoms with Gasteiger partial charge in [-0.25, -0.2) is 0 Å². The number of fused-ring (bicyclic) bond motifs is 1. The molecule has 0 amide bonds. The highest BCUT2D eigenvalue weighted by molar-refractivity contribution is 6.30. The Morgan fingerprint density at radius 3 is 2.38 bits per heavy atom. The molecular weight excluding hydrogens is 282 g/mol. The molecule has 0 fully saturated rings. The van der Waals surface area contributed by atoms with Gasteiger partial charge in [-0.2, -0.15) is 0 Å². The van der Waals surface area contributed by atoms with Crippen LogP contribution in [0, 0.1) is 0 Å². The minimum atomic E-state index is 0.142. The van der Waals surface area contributed by atoms with Crippen LogP contribution in [0.15, 0.2) is 59.0 Å². The molecule has 21 heavy (non-hydrogen) atoms. The van der Waals surface area contributed by atoms with Crippen molar-refractivity contribution in [3.8, 4) is 0 Å². The molecule has 0 saturated heterocycles. The van der Waals surface area contributed by atoms with Gasteiger partial charge in [-0.15, -0.1) is 0 Å². The number of hydrogen-bond donors (Lipinski definition) is 1. The summed E-state index contributed by atoms with van der Waals surface area (Å²) in [6.45, 7) is 4.26. The van der Waals surface area contributed by atoms with Crippen molar-refractivity contribution < 1.29 is 4.42 Å². The number of furan rings is 1. The average molecular weight is 300 g/mol. The molecule has 108 valence electrons. The van der Waals surface area contributed by atoms with Crippen LogP contribution >= 0.6 is 11.6 Å². The van der Waals surface area contributed by atoms with E-state index in [9.17, 15) is 0 Å². The largest absolute Gasteiger partial charge is 0.459 e. The molecule has 2 aromatic carbocycles. The van der Waals surface area contributed by atoms with E-state index in [0.29, 0.717) is 0 Å². The van der Waals surface area contributed by atoms with Crippen LogP contribution in [0.5, 0.6) is 0 Å². The Morgan fingerprint density at radius 1 is 0.952 bits per heavy atom. The van der Waals surface area contributed by atoms with Gasteiger partial charge in [-0.1, -0.05) is 41.9 Å². The van der Waals surface area contributed by atoms with Crippen LogP contribution in [0.4, 0.5) is 0 Å². The molecule has 0 bridgehead atoms. The van der Waals surface area contributed by atoms with Crippen molar-refractivity contribution in [1.29, 1.82) is 0 Å². The van der Waals surface area contributed by atoms with Crippen LogP contribution in [0.3, 0.4) is 0 Å². The second kappa shape index (κ2) is 5.92. The van der Waals surface area contributed by atoms with Gasteiger partial charge in [0.05, 0.1) is 6.04 Å². The smallest absolute Gasteiger partial charge is 0.134 e. The van der Waals surface area contributed by atoms with E-state index in [-0.39, 0.29) is 12.1 Å². The molecule has 2 atom stereocenters. The quantitative estimate of drug-likeness (QED) is 0.688. The fraction of sp³-hybridized carbons (Fsp3) is 0.222. The summed E-state index contributed by atoms with van der Waals surface area (Å²) in [4.78, 5) is 0. The number of rotatable bonds is 4. The maximum absolute atomic E-state index is 5.93. The van der Waals surface area contributed by atoms with Gasteiger partial charge < -0.3 is 9.73 Å². The van der Waals surface area contributed by atoms with E-state index in [0.717, 1.165) is 21.8 Å². The number of para-hydroxylation sites is 1. The molecule has 1 aromatic heterocycles. The minimum absolute atomic E-state index is 0.142. The topological polar surface area (TPSA) is 25.2 Å². The van der Waals surface area contributed by atoms with Gasteiger partial charge in [-0.3, -0.25) is 0 Å². The van der Waals surface area contributed by atoms with Crippen molar-refractivity contribution in [1.82, 2.24) is 5.32 Å². The Bertz CT molecular complexity index is 699. The molecule has 3 heteroatoms. The molecule has 1 heterocycles. The zero-order valence-electron chi connectivity index (χ0n) is 12.1. The van der Waals surface area contributed by atoms with Crippen molar-refractivity contribution in [3.63, 3.8) is 0 Å². The van der Waals surface area contributed by atoms with Crippen LogP contribution in [0.25, 0.3) is 11.0 Å². The van der Waals surface area contributed by atoms with Gasteiger partial charge in [0.25, 0.3) is 0 Å².